The molecule has 0 aromatic carbocycles. The molecule has 0 heterocycles. The molecule has 0 aromatic rings. The monoisotopic (exact) mass is 148 g/mol. The first-order valence-corrected chi connectivity index (χ1v) is 4.04. The minimum Gasteiger partial charge on any atom is -0.120 e. The van der Waals surface area contributed by atoms with Crippen LogP contribution in [0, 0.1) is 5.92 Å². The third-order valence-electron chi connectivity index (χ3n) is 1.57. The smallest absolute Gasteiger partial charge is 0.0418 e. The van der Waals surface area contributed by atoms with Gasteiger partial charge < -0.3 is 0 Å². The predicted octanol–water partition coefficient (Wildman–Crippen LogP) is 3.44. The minimum absolute atomic E-state index is 0.0359. The predicted molar refractivity (Wildman–Crippen MR) is 44.0 cm³/mol. The van der Waals surface area contributed by atoms with Crippen molar-refractivity contribution >= 4 is 11.6 Å². The number of rotatable bonds is 3. The Bertz CT molecular complexity index is 74.6. The summed E-state index contributed by atoms with van der Waals surface area (Å²) in [5, 5.41) is 0. The maximum absolute atomic E-state index is 6.12. The van der Waals surface area contributed by atoms with Crippen LogP contribution in [0.2, 0.25) is 0 Å². The molecule has 0 saturated carbocycles. The SMILES string of the molecule is CCC(C)(Cl)CC(C)C. The highest BCUT2D eigenvalue weighted by Crippen LogP contribution is 2.26. The van der Waals surface area contributed by atoms with E-state index in [-0.39, 0.29) is 4.87 Å². The normalized spacial score (nSPS) is 18.0. The van der Waals surface area contributed by atoms with Gasteiger partial charge in [-0.25, -0.2) is 0 Å². The molecule has 9 heavy (non-hydrogen) atoms. The summed E-state index contributed by atoms with van der Waals surface area (Å²) in [6.45, 7) is 8.65. The Hall–Kier alpha value is 0.290. The van der Waals surface area contributed by atoms with Crippen LogP contribution in [0.4, 0.5) is 0 Å². The van der Waals surface area contributed by atoms with Gasteiger partial charge in [-0.05, 0) is 25.7 Å². The van der Waals surface area contributed by atoms with Crippen molar-refractivity contribution in [2.75, 3.05) is 0 Å². The van der Waals surface area contributed by atoms with Gasteiger partial charge in [0.15, 0.2) is 0 Å². The maximum atomic E-state index is 6.12. The molecule has 56 valence electrons. The molecule has 0 radical (unpaired) electrons. The molecule has 0 rings (SSSR count). The van der Waals surface area contributed by atoms with Crippen LogP contribution in [0.25, 0.3) is 0 Å². The van der Waals surface area contributed by atoms with Crippen LogP contribution in [-0.4, -0.2) is 4.87 Å². The van der Waals surface area contributed by atoms with Crippen molar-refractivity contribution in [3.63, 3.8) is 0 Å². The fourth-order valence-corrected chi connectivity index (χ4v) is 1.30. The Kier molecular flexibility index (Phi) is 3.57. The van der Waals surface area contributed by atoms with Gasteiger partial charge in [-0.15, -0.1) is 11.6 Å². The van der Waals surface area contributed by atoms with E-state index in [1.807, 2.05) is 0 Å². The third-order valence-corrected chi connectivity index (χ3v) is 1.99. The van der Waals surface area contributed by atoms with Gasteiger partial charge in [0.05, 0.1) is 0 Å². The molecular weight excluding hydrogens is 132 g/mol. The van der Waals surface area contributed by atoms with Crippen LogP contribution in [0.15, 0.2) is 0 Å². The number of halogens is 1. The molecule has 0 spiro atoms. The maximum Gasteiger partial charge on any atom is 0.0418 e. The third kappa shape index (κ3) is 4.77. The Morgan fingerprint density at radius 2 is 1.89 bits per heavy atom. The van der Waals surface area contributed by atoms with E-state index in [9.17, 15) is 0 Å². The average Bonchev–Trinajstić information content (AvgIpc) is 1.63. The Labute approximate surface area is 63.6 Å². The summed E-state index contributed by atoms with van der Waals surface area (Å²) in [5.74, 6) is 0.715. The zero-order chi connectivity index (χ0) is 7.49. The van der Waals surface area contributed by atoms with Gasteiger partial charge in [0.1, 0.15) is 0 Å². The fourth-order valence-electron chi connectivity index (χ4n) is 0.996. The van der Waals surface area contributed by atoms with Crippen LogP contribution >= 0.6 is 11.6 Å². The quantitative estimate of drug-likeness (QED) is 0.538. The molecule has 0 fully saturated rings. The van der Waals surface area contributed by atoms with Crippen LogP contribution in [0.1, 0.15) is 40.5 Å². The molecule has 0 N–H and O–H groups in total. The van der Waals surface area contributed by atoms with E-state index >= 15 is 0 Å². The van der Waals surface area contributed by atoms with E-state index in [0.717, 1.165) is 12.8 Å². The minimum atomic E-state index is 0.0359. The lowest BCUT2D eigenvalue weighted by molar-refractivity contribution is 0.458. The summed E-state index contributed by atoms with van der Waals surface area (Å²) >= 11 is 6.12. The van der Waals surface area contributed by atoms with Crippen molar-refractivity contribution in [3.05, 3.63) is 0 Å². The van der Waals surface area contributed by atoms with E-state index in [1.165, 1.54) is 0 Å². The highest BCUT2D eigenvalue weighted by molar-refractivity contribution is 6.23. The van der Waals surface area contributed by atoms with Gasteiger partial charge >= 0.3 is 0 Å². The molecule has 0 aliphatic carbocycles. The molecular formula is C8H17Cl. The molecule has 0 bridgehead atoms. The van der Waals surface area contributed by atoms with Crippen molar-refractivity contribution in [2.24, 2.45) is 5.92 Å². The summed E-state index contributed by atoms with van der Waals surface area (Å²) in [7, 11) is 0. The Morgan fingerprint density at radius 3 is 2.00 bits per heavy atom. The second kappa shape index (κ2) is 3.46. The molecule has 0 amide bonds. The van der Waals surface area contributed by atoms with Gasteiger partial charge in [0, 0.05) is 4.87 Å². The molecule has 0 aliphatic heterocycles. The van der Waals surface area contributed by atoms with Crippen LogP contribution < -0.4 is 0 Å². The highest BCUT2D eigenvalue weighted by atomic mass is 35.5. The Balaban J connectivity index is 3.58. The number of alkyl halides is 1. The lowest BCUT2D eigenvalue weighted by Gasteiger charge is -2.21. The van der Waals surface area contributed by atoms with Crippen molar-refractivity contribution in [1.82, 2.24) is 0 Å². The summed E-state index contributed by atoms with van der Waals surface area (Å²) in [6.07, 6.45) is 2.18. The second-order valence-electron chi connectivity index (χ2n) is 3.36. The lowest BCUT2D eigenvalue weighted by atomic mass is 9.96. The summed E-state index contributed by atoms with van der Waals surface area (Å²) in [6, 6.07) is 0. The Morgan fingerprint density at radius 1 is 1.44 bits per heavy atom. The summed E-state index contributed by atoms with van der Waals surface area (Å²) in [4.78, 5) is 0.0359. The van der Waals surface area contributed by atoms with E-state index in [4.69, 9.17) is 11.6 Å². The molecule has 0 nitrogen and oxygen atoms in total. The highest BCUT2D eigenvalue weighted by Gasteiger charge is 2.18. The van der Waals surface area contributed by atoms with Crippen LogP contribution in [0.5, 0.6) is 0 Å². The van der Waals surface area contributed by atoms with E-state index in [1.54, 1.807) is 0 Å². The summed E-state index contributed by atoms with van der Waals surface area (Å²) in [5.41, 5.74) is 0. The van der Waals surface area contributed by atoms with Crippen LogP contribution in [0.3, 0.4) is 0 Å². The fraction of sp³-hybridized carbons (Fsp3) is 1.00. The van der Waals surface area contributed by atoms with Crippen molar-refractivity contribution < 1.29 is 0 Å². The van der Waals surface area contributed by atoms with Gasteiger partial charge in [-0.1, -0.05) is 20.8 Å². The molecule has 1 heteroatoms. The first kappa shape index (κ1) is 9.29. The first-order valence-electron chi connectivity index (χ1n) is 3.67. The van der Waals surface area contributed by atoms with E-state index < -0.39 is 0 Å². The topological polar surface area (TPSA) is 0 Å². The van der Waals surface area contributed by atoms with Crippen molar-refractivity contribution in [1.29, 1.82) is 0 Å². The lowest BCUT2D eigenvalue weighted by Crippen LogP contribution is -2.17. The largest absolute Gasteiger partial charge is 0.120 e. The molecule has 0 saturated heterocycles. The van der Waals surface area contributed by atoms with Gasteiger partial charge in [-0.2, -0.15) is 0 Å². The van der Waals surface area contributed by atoms with Gasteiger partial charge in [0.2, 0.25) is 0 Å². The van der Waals surface area contributed by atoms with E-state index in [0.29, 0.717) is 5.92 Å². The van der Waals surface area contributed by atoms with Gasteiger partial charge in [0.25, 0.3) is 0 Å². The van der Waals surface area contributed by atoms with Crippen molar-refractivity contribution in [2.45, 2.75) is 45.4 Å². The van der Waals surface area contributed by atoms with Crippen molar-refractivity contribution in [3.8, 4) is 0 Å². The number of hydrogen-bond acceptors (Lipinski definition) is 0. The van der Waals surface area contributed by atoms with E-state index in [2.05, 4.69) is 27.7 Å². The molecule has 0 aromatic heterocycles. The zero-order valence-corrected chi connectivity index (χ0v) is 7.63. The molecule has 1 atom stereocenters. The number of hydrogen-bond donors (Lipinski definition) is 0. The second-order valence-corrected chi connectivity index (χ2v) is 4.28. The first-order chi connectivity index (χ1) is 3.98. The average molecular weight is 149 g/mol. The van der Waals surface area contributed by atoms with Crippen LogP contribution in [-0.2, 0) is 0 Å². The molecule has 1 unspecified atom stereocenters. The zero-order valence-electron chi connectivity index (χ0n) is 6.87. The summed E-state index contributed by atoms with van der Waals surface area (Å²) < 4.78 is 0. The standard InChI is InChI=1S/C8H17Cl/c1-5-8(4,9)6-7(2)3/h7H,5-6H2,1-4H3. The van der Waals surface area contributed by atoms with Gasteiger partial charge in [-0.3, -0.25) is 0 Å². The molecule has 0 aliphatic rings.